The first-order valence-corrected chi connectivity index (χ1v) is 7.39. The maximum atomic E-state index is 13.2. The summed E-state index contributed by atoms with van der Waals surface area (Å²) >= 11 is 0. The number of methoxy groups -OCH3 is 1. The molecule has 1 aliphatic heterocycles. The molecule has 0 aliphatic carbocycles. The number of pyridine rings is 1. The average Bonchev–Trinajstić information content (AvgIpc) is 2.94. The minimum Gasteiger partial charge on any atom is -0.331 e. The molecule has 2 aromatic rings. The molecule has 1 aromatic heterocycles. The van der Waals surface area contributed by atoms with Gasteiger partial charge < -0.3 is 14.2 Å². The highest BCUT2D eigenvalue weighted by molar-refractivity contribution is 5.86. The zero-order valence-electron chi connectivity index (χ0n) is 13.5. The normalized spacial score (nSPS) is 24.4. The Labute approximate surface area is 143 Å². The van der Waals surface area contributed by atoms with Crippen molar-refractivity contribution in [1.82, 2.24) is 4.98 Å². The van der Waals surface area contributed by atoms with Crippen LogP contribution in [0.1, 0.15) is 29.8 Å². The van der Waals surface area contributed by atoms with Gasteiger partial charge in [-0.2, -0.15) is 26.3 Å². The van der Waals surface area contributed by atoms with E-state index in [0.29, 0.717) is 12.1 Å². The highest BCUT2D eigenvalue weighted by Crippen LogP contribution is 2.42. The molecule has 1 fully saturated rings. The fourth-order valence-corrected chi connectivity index (χ4v) is 2.73. The van der Waals surface area contributed by atoms with Crippen LogP contribution in [0.15, 0.2) is 24.3 Å². The predicted molar refractivity (Wildman–Crippen MR) is 76.9 cm³/mol. The van der Waals surface area contributed by atoms with E-state index in [2.05, 4.69) is 4.98 Å². The summed E-state index contributed by atoms with van der Waals surface area (Å²) in [5, 5.41) is -0.0956. The van der Waals surface area contributed by atoms with Crippen LogP contribution in [0, 0.1) is 0 Å². The minimum atomic E-state index is -4.92. The number of rotatable bonds is 2. The van der Waals surface area contributed by atoms with Crippen LogP contribution in [0.2, 0.25) is 0 Å². The first-order valence-electron chi connectivity index (χ1n) is 7.39. The quantitative estimate of drug-likeness (QED) is 0.709. The highest BCUT2D eigenvalue weighted by Gasteiger charge is 2.42. The summed E-state index contributed by atoms with van der Waals surface area (Å²) in [6.45, 7) is 1.22. The minimum absolute atomic E-state index is 0.0956. The van der Waals surface area contributed by atoms with Crippen molar-refractivity contribution in [2.24, 2.45) is 0 Å². The topological polar surface area (TPSA) is 40.6 Å². The molecule has 10 heteroatoms. The number of fused-ring (bicyclic) bond motifs is 1. The van der Waals surface area contributed by atoms with Crippen LogP contribution in [0.25, 0.3) is 10.9 Å². The average molecular weight is 381 g/mol. The lowest BCUT2D eigenvalue weighted by Crippen LogP contribution is -2.27. The van der Waals surface area contributed by atoms with E-state index in [-0.39, 0.29) is 17.6 Å². The summed E-state index contributed by atoms with van der Waals surface area (Å²) in [5.41, 5.74) is -3.59. The van der Waals surface area contributed by atoms with Gasteiger partial charge in [-0.1, -0.05) is 12.1 Å². The Hall–Kier alpha value is -1.91. The van der Waals surface area contributed by atoms with Gasteiger partial charge in [0.15, 0.2) is 0 Å². The molecule has 4 nitrogen and oxygen atoms in total. The molecule has 2 atom stereocenters. The predicted octanol–water partition coefficient (Wildman–Crippen LogP) is 4.68. The summed E-state index contributed by atoms with van der Waals surface area (Å²) in [7, 11) is 1.27. The van der Waals surface area contributed by atoms with Crippen molar-refractivity contribution >= 4 is 10.9 Å². The molecule has 142 valence electrons. The summed E-state index contributed by atoms with van der Waals surface area (Å²) < 4.78 is 95.0. The fraction of sp³-hybridized carbons (Fsp3) is 0.438. The molecule has 3 rings (SSSR count). The number of alkyl halides is 6. The number of nitrogens with zero attached hydrogens (tertiary/aromatic N) is 1. The maximum Gasteiger partial charge on any atom is 0.433 e. The van der Waals surface area contributed by atoms with E-state index >= 15 is 0 Å². The van der Waals surface area contributed by atoms with Crippen LogP contribution < -0.4 is 0 Å². The molecule has 0 bridgehead atoms. The number of hydrogen-bond donors (Lipinski definition) is 0. The Kier molecular flexibility index (Phi) is 4.40. The third kappa shape index (κ3) is 3.36. The molecular formula is C16H13F6NO3. The number of hydrogen-bond acceptors (Lipinski definition) is 4. The van der Waals surface area contributed by atoms with Crippen LogP contribution in [0.5, 0.6) is 0 Å². The second kappa shape index (κ2) is 6.07. The van der Waals surface area contributed by atoms with Crippen molar-refractivity contribution in [3.63, 3.8) is 0 Å². The van der Waals surface area contributed by atoms with Crippen LogP contribution in [0.4, 0.5) is 26.3 Å². The summed E-state index contributed by atoms with van der Waals surface area (Å²) in [5.74, 6) is -1.50. The number of ether oxygens (including phenoxy) is 3. The molecule has 26 heavy (non-hydrogen) atoms. The van der Waals surface area contributed by atoms with Crippen LogP contribution in [-0.2, 0) is 26.6 Å². The Morgan fingerprint density at radius 3 is 2.38 bits per heavy atom. The Morgan fingerprint density at radius 1 is 1.15 bits per heavy atom. The van der Waals surface area contributed by atoms with Gasteiger partial charge >= 0.3 is 12.4 Å². The van der Waals surface area contributed by atoms with E-state index in [1.807, 2.05) is 0 Å². The molecule has 1 unspecified atom stereocenters. The van der Waals surface area contributed by atoms with E-state index in [0.717, 1.165) is 6.07 Å². The number of halogens is 6. The van der Waals surface area contributed by atoms with Crippen molar-refractivity contribution in [2.45, 2.75) is 31.4 Å². The van der Waals surface area contributed by atoms with Gasteiger partial charge in [0.2, 0.25) is 0 Å². The van der Waals surface area contributed by atoms with Crippen LogP contribution in [0.3, 0.4) is 0 Å². The molecule has 1 saturated heterocycles. The van der Waals surface area contributed by atoms with E-state index in [9.17, 15) is 26.3 Å². The molecule has 1 aromatic carbocycles. The summed E-state index contributed by atoms with van der Waals surface area (Å²) in [6, 6.07) is 3.73. The zero-order chi connectivity index (χ0) is 19.3. The van der Waals surface area contributed by atoms with Gasteiger partial charge in [0.25, 0.3) is 5.97 Å². The van der Waals surface area contributed by atoms with Gasteiger partial charge in [0.1, 0.15) is 11.8 Å². The Morgan fingerprint density at radius 2 is 1.85 bits per heavy atom. The number of aromatic nitrogens is 1. The SMILES string of the molecule is COC1(C)OC[C@@H](c2cc(C(F)(F)F)nc3c(C(F)(F)F)cccc23)O1. The molecule has 0 radical (unpaired) electrons. The monoisotopic (exact) mass is 381 g/mol. The molecule has 2 heterocycles. The number of para-hydroxylation sites is 1. The largest absolute Gasteiger partial charge is 0.433 e. The van der Waals surface area contributed by atoms with Crippen molar-refractivity contribution in [3.8, 4) is 0 Å². The number of benzene rings is 1. The van der Waals surface area contributed by atoms with E-state index in [1.165, 1.54) is 20.1 Å². The zero-order valence-corrected chi connectivity index (χ0v) is 13.5. The Bertz CT molecular complexity index is 835. The summed E-state index contributed by atoms with van der Waals surface area (Å²) in [6.07, 6.45) is -10.8. The third-order valence-electron chi connectivity index (χ3n) is 4.04. The van der Waals surface area contributed by atoms with Gasteiger partial charge in [-0.15, -0.1) is 0 Å². The van der Waals surface area contributed by atoms with E-state index in [1.54, 1.807) is 0 Å². The lowest BCUT2D eigenvalue weighted by atomic mass is 10.00. The van der Waals surface area contributed by atoms with Gasteiger partial charge in [-0.3, -0.25) is 0 Å². The van der Waals surface area contributed by atoms with Crippen molar-refractivity contribution in [3.05, 3.63) is 41.1 Å². The second-order valence-corrected chi connectivity index (χ2v) is 5.78. The van der Waals surface area contributed by atoms with E-state index in [4.69, 9.17) is 14.2 Å². The van der Waals surface area contributed by atoms with Crippen molar-refractivity contribution < 1.29 is 40.6 Å². The van der Waals surface area contributed by atoms with Gasteiger partial charge in [0, 0.05) is 19.4 Å². The lowest BCUT2D eigenvalue weighted by molar-refractivity contribution is -0.314. The standard InChI is InChI=1S/C16H13F6NO3/c1-14(24-2)25-7-11(26-14)9-6-12(16(20,21)22)23-13-8(9)4-3-5-10(13)15(17,18)19/h3-6,11H,7H2,1-2H3/t11-,14?/m0/s1. The molecule has 0 saturated carbocycles. The van der Waals surface area contributed by atoms with Crippen molar-refractivity contribution in [1.29, 1.82) is 0 Å². The summed E-state index contributed by atoms with van der Waals surface area (Å²) in [4.78, 5) is 3.23. The molecular weight excluding hydrogens is 368 g/mol. The fourth-order valence-electron chi connectivity index (χ4n) is 2.73. The third-order valence-corrected chi connectivity index (χ3v) is 4.04. The van der Waals surface area contributed by atoms with Crippen LogP contribution >= 0.6 is 0 Å². The lowest BCUT2D eigenvalue weighted by Gasteiger charge is -2.22. The smallest absolute Gasteiger partial charge is 0.331 e. The first-order chi connectivity index (χ1) is 11.9. The molecule has 0 spiro atoms. The molecule has 0 amide bonds. The van der Waals surface area contributed by atoms with Gasteiger partial charge in [0.05, 0.1) is 17.7 Å². The Balaban J connectivity index is 2.25. The van der Waals surface area contributed by atoms with Crippen LogP contribution in [-0.4, -0.2) is 24.7 Å². The second-order valence-electron chi connectivity index (χ2n) is 5.78. The van der Waals surface area contributed by atoms with E-state index < -0.39 is 41.2 Å². The highest BCUT2D eigenvalue weighted by atomic mass is 19.4. The maximum absolute atomic E-state index is 13.2. The first kappa shape index (κ1) is 18.9. The molecule has 0 N–H and O–H groups in total. The molecule has 1 aliphatic rings. The van der Waals surface area contributed by atoms with Gasteiger partial charge in [-0.25, -0.2) is 4.98 Å². The van der Waals surface area contributed by atoms with Gasteiger partial charge in [-0.05, 0) is 17.7 Å². The van der Waals surface area contributed by atoms with Crippen molar-refractivity contribution in [2.75, 3.05) is 13.7 Å².